The van der Waals surface area contributed by atoms with Gasteiger partial charge in [-0.25, -0.2) is 4.98 Å². The third-order valence-corrected chi connectivity index (χ3v) is 4.98. The summed E-state index contributed by atoms with van der Waals surface area (Å²) in [5.74, 6) is -0.346. The van der Waals surface area contributed by atoms with E-state index in [1.165, 1.54) is 6.92 Å². The van der Waals surface area contributed by atoms with Gasteiger partial charge in [0.15, 0.2) is 0 Å². The molecule has 0 fully saturated rings. The van der Waals surface area contributed by atoms with Gasteiger partial charge in [0.2, 0.25) is 0 Å². The highest BCUT2D eigenvalue weighted by atomic mass is 16.5. The maximum atomic E-state index is 12.9. The van der Waals surface area contributed by atoms with Crippen LogP contribution in [-0.2, 0) is 16.1 Å². The number of rotatable bonds is 3. The molecular weight excluding hydrogens is 328 g/mol. The molecule has 3 heterocycles. The molecule has 0 aliphatic carbocycles. The molecule has 0 N–H and O–H groups in total. The van der Waals surface area contributed by atoms with E-state index in [4.69, 9.17) is 9.72 Å². The molecule has 0 saturated heterocycles. The van der Waals surface area contributed by atoms with E-state index in [9.17, 15) is 9.59 Å². The molecule has 5 heteroatoms. The second kappa shape index (κ2) is 6.09. The van der Waals surface area contributed by atoms with Crippen molar-refractivity contribution in [2.75, 3.05) is 0 Å². The number of benzene rings is 1. The highest BCUT2D eigenvalue weighted by Crippen LogP contribution is 2.34. The summed E-state index contributed by atoms with van der Waals surface area (Å²) < 4.78 is 7.19. The summed E-state index contributed by atoms with van der Waals surface area (Å²) in [6, 6.07) is 12.0. The number of ether oxygens (including phenoxy) is 1. The Labute approximate surface area is 151 Å². The van der Waals surface area contributed by atoms with E-state index in [1.54, 1.807) is 11.5 Å². The number of para-hydroxylation sites is 1. The number of aromatic nitrogens is 2. The van der Waals surface area contributed by atoms with Crippen LogP contribution in [0.25, 0.3) is 22.3 Å². The smallest absolute Gasteiger partial charge is 0.303 e. The van der Waals surface area contributed by atoms with Crippen molar-refractivity contribution in [1.82, 2.24) is 9.55 Å². The second-order valence-electron chi connectivity index (χ2n) is 6.70. The Balaban J connectivity index is 1.92. The summed E-state index contributed by atoms with van der Waals surface area (Å²) in [6.45, 7) is 5.65. The average molecular weight is 348 g/mol. The highest BCUT2D eigenvalue weighted by Gasteiger charge is 2.26. The highest BCUT2D eigenvalue weighted by molar-refractivity contribution is 5.84. The van der Waals surface area contributed by atoms with Crippen LogP contribution in [0.5, 0.6) is 0 Å². The fraction of sp³-hybridized carbons (Fsp3) is 0.286. The molecule has 2 aromatic heterocycles. The van der Waals surface area contributed by atoms with E-state index in [2.05, 4.69) is 6.07 Å². The summed E-state index contributed by atoms with van der Waals surface area (Å²) in [5.41, 5.74) is 4.91. The zero-order chi connectivity index (χ0) is 18.4. The molecule has 5 nitrogen and oxygen atoms in total. The van der Waals surface area contributed by atoms with Crippen LogP contribution in [-0.4, -0.2) is 15.5 Å². The summed E-state index contributed by atoms with van der Waals surface area (Å²) in [5, 5.41) is 1.07. The number of hydrogen-bond acceptors (Lipinski definition) is 4. The average Bonchev–Trinajstić information content (AvgIpc) is 2.98. The molecule has 1 atom stereocenters. The Morgan fingerprint density at radius 2 is 2.08 bits per heavy atom. The van der Waals surface area contributed by atoms with Crippen LogP contribution in [0, 0.1) is 6.92 Å². The SMILES string of the molecule is CC[C@H](OC(C)=O)c1cc2n(c(=O)c1C)Cc1cc3ccccc3nc1-2. The van der Waals surface area contributed by atoms with Crippen LogP contribution >= 0.6 is 0 Å². The predicted molar refractivity (Wildman–Crippen MR) is 100 cm³/mol. The Morgan fingerprint density at radius 3 is 2.81 bits per heavy atom. The van der Waals surface area contributed by atoms with Crippen molar-refractivity contribution in [1.29, 1.82) is 0 Å². The van der Waals surface area contributed by atoms with Crippen LogP contribution in [0.15, 0.2) is 41.2 Å². The summed E-state index contributed by atoms with van der Waals surface area (Å²) in [7, 11) is 0. The van der Waals surface area contributed by atoms with Crippen molar-refractivity contribution < 1.29 is 9.53 Å². The lowest BCUT2D eigenvalue weighted by Gasteiger charge is -2.19. The first-order chi connectivity index (χ1) is 12.5. The van der Waals surface area contributed by atoms with Gasteiger partial charge in [-0.2, -0.15) is 0 Å². The number of fused-ring (bicyclic) bond motifs is 4. The van der Waals surface area contributed by atoms with Crippen LogP contribution in [0.3, 0.4) is 0 Å². The second-order valence-corrected chi connectivity index (χ2v) is 6.70. The van der Waals surface area contributed by atoms with Gasteiger partial charge < -0.3 is 9.30 Å². The summed E-state index contributed by atoms with van der Waals surface area (Å²) in [4.78, 5) is 29.2. The Kier molecular flexibility index (Phi) is 3.87. The zero-order valence-electron chi connectivity index (χ0n) is 15.1. The Bertz CT molecular complexity index is 1100. The third kappa shape index (κ3) is 2.51. The molecule has 132 valence electrons. The van der Waals surface area contributed by atoms with Gasteiger partial charge in [0.25, 0.3) is 5.56 Å². The molecule has 1 aliphatic rings. The molecule has 0 bridgehead atoms. The van der Waals surface area contributed by atoms with Crippen molar-refractivity contribution in [2.24, 2.45) is 0 Å². The lowest BCUT2D eigenvalue weighted by Crippen LogP contribution is -2.24. The van der Waals surface area contributed by atoms with Gasteiger partial charge in [0.1, 0.15) is 6.10 Å². The topological polar surface area (TPSA) is 61.2 Å². The van der Waals surface area contributed by atoms with E-state index in [0.29, 0.717) is 18.5 Å². The van der Waals surface area contributed by atoms with Crippen LogP contribution < -0.4 is 5.56 Å². The lowest BCUT2D eigenvalue weighted by atomic mass is 10.0. The maximum absolute atomic E-state index is 12.9. The number of pyridine rings is 2. The van der Waals surface area contributed by atoms with Gasteiger partial charge in [0, 0.05) is 29.0 Å². The fourth-order valence-corrected chi connectivity index (χ4v) is 3.70. The predicted octanol–water partition coefficient (Wildman–Crippen LogP) is 3.75. The molecule has 0 saturated carbocycles. The minimum Gasteiger partial charge on any atom is -0.458 e. The largest absolute Gasteiger partial charge is 0.458 e. The minimum atomic E-state index is -0.421. The van der Waals surface area contributed by atoms with Gasteiger partial charge >= 0.3 is 5.97 Å². The van der Waals surface area contributed by atoms with Gasteiger partial charge in [-0.1, -0.05) is 25.1 Å². The van der Waals surface area contributed by atoms with Crippen molar-refractivity contribution in [2.45, 2.75) is 39.8 Å². The van der Waals surface area contributed by atoms with Crippen molar-refractivity contribution in [3.63, 3.8) is 0 Å². The molecular formula is C21H20N2O3. The first kappa shape index (κ1) is 16.5. The van der Waals surface area contributed by atoms with Gasteiger partial charge in [-0.15, -0.1) is 0 Å². The van der Waals surface area contributed by atoms with E-state index in [1.807, 2.05) is 37.3 Å². The molecule has 1 aromatic carbocycles. The van der Waals surface area contributed by atoms with E-state index in [0.717, 1.165) is 33.4 Å². The maximum Gasteiger partial charge on any atom is 0.303 e. The molecule has 3 aromatic rings. The van der Waals surface area contributed by atoms with Crippen LogP contribution in [0.1, 0.15) is 43.1 Å². The summed E-state index contributed by atoms with van der Waals surface area (Å²) in [6.07, 6.45) is 0.192. The zero-order valence-corrected chi connectivity index (χ0v) is 15.1. The third-order valence-electron chi connectivity index (χ3n) is 4.98. The fourth-order valence-electron chi connectivity index (χ4n) is 3.70. The van der Waals surface area contributed by atoms with Crippen LogP contribution in [0.2, 0.25) is 0 Å². The van der Waals surface area contributed by atoms with Gasteiger partial charge in [-0.05, 0) is 31.5 Å². The number of hydrogen-bond donors (Lipinski definition) is 0. The number of carbonyl (C=O) groups excluding carboxylic acids is 1. The van der Waals surface area contributed by atoms with Crippen LogP contribution in [0.4, 0.5) is 0 Å². The quantitative estimate of drug-likeness (QED) is 0.529. The number of carbonyl (C=O) groups is 1. The minimum absolute atomic E-state index is 0.0508. The van der Waals surface area contributed by atoms with Crippen molar-refractivity contribution in [3.05, 3.63) is 63.4 Å². The molecule has 4 rings (SSSR count). The normalized spacial score (nSPS) is 13.3. The Hall–Kier alpha value is -2.95. The first-order valence-electron chi connectivity index (χ1n) is 8.80. The molecule has 1 aliphatic heterocycles. The first-order valence-corrected chi connectivity index (χ1v) is 8.80. The van der Waals surface area contributed by atoms with E-state index < -0.39 is 6.10 Å². The molecule has 0 amide bonds. The monoisotopic (exact) mass is 348 g/mol. The standard InChI is InChI=1S/C21H20N2O3/c1-4-19(26-13(3)24)16-10-18-20-15(11-23(18)21(25)12(16)2)9-14-7-5-6-8-17(14)22-20/h5-10,19H,4,11H2,1-3H3/t19-/m0/s1. The molecule has 0 radical (unpaired) electrons. The van der Waals surface area contributed by atoms with Crippen molar-refractivity contribution >= 4 is 16.9 Å². The summed E-state index contributed by atoms with van der Waals surface area (Å²) >= 11 is 0. The molecule has 0 spiro atoms. The van der Waals surface area contributed by atoms with E-state index >= 15 is 0 Å². The van der Waals surface area contributed by atoms with Gasteiger partial charge in [0.05, 0.1) is 23.4 Å². The number of nitrogens with zero attached hydrogens (tertiary/aromatic N) is 2. The number of esters is 1. The van der Waals surface area contributed by atoms with Gasteiger partial charge in [-0.3, -0.25) is 9.59 Å². The van der Waals surface area contributed by atoms with Crippen molar-refractivity contribution in [3.8, 4) is 11.4 Å². The van der Waals surface area contributed by atoms with E-state index in [-0.39, 0.29) is 11.5 Å². The Morgan fingerprint density at radius 1 is 1.31 bits per heavy atom. The lowest BCUT2D eigenvalue weighted by molar-refractivity contribution is -0.146. The molecule has 26 heavy (non-hydrogen) atoms. The molecule has 0 unspecified atom stereocenters.